The van der Waals surface area contributed by atoms with Crippen LogP contribution in [0.25, 0.3) is 0 Å². The molecule has 6 heteroatoms. The summed E-state index contributed by atoms with van der Waals surface area (Å²) in [7, 11) is 0. The number of likely N-dealkylation sites (tertiary alicyclic amines) is 1. The monoisotopic (exact) mass is 280 g/mol. The van der Waals surface area contributed by atoms with Gasteiger partial charge in [0.25, 0.3) is 0 Å². The maximum Gasteiger partial charge on any atom is 0.326 e. The van der Waals surface area contributed by atoms with E-state index in [0.29, 0.717) is 13.0 Å². The van der Waals surface area contributed by atoms with Gasteiger partial charge in [0, 0.05) is 12.7 Å². The molecule has 1 aliphatic heterocycles. The summed E-state index contributed by atoms with van der Waals surface area (Å²) >= 11 is 1.36. The lowest BCUT2D eigenvalue weighted by atomic mass is 10.2. The predicted octanol–water partition coefficient (Wildman–Crippen LogP) is 1.64. The van der Waals surface area contributed by atoms with Gasteiger partial charge in [-0.2, -0.15) is 0 Å². The smallest absolute Gasteiger partial charge is 0.326 e. The molecule has 0 radical (unpaired) electrons. The molecule has 1 saturated heterocycles. The van der Waals surface area contributed by atoms with Crippen molar-refractivity contribution in [3.8, 4) is 0 Å². The fourth-order valence-corrected chi connectivity index (χ4v) is 3.05. The standard InChI is InChI=1S/C13H16N2O3S/c1-9(19-11-6-2-3-7-14-11)12(16)15-8-4-5-10(15)13(17)18/h2-3,6-7,9-10H,4-5,8H2,1H3,(H,17,18)/t9?,10-/m0/s1. The van der Waals surface area contributed by atoms with Crippen LogP contribution < -0.4 is 0 Å². The van der Waals surface area contributed by atoms with Gasteiger partial charge < -0.3 is 10.0 Å². The molecule has 1 aromatic heterocycles. The van der Waals surface area contributed by atoms with Crippen molar-refractivity contribution in [3.63, 3.8) is 0 Å². The summed E-state index contributed by atoms with van der Waals surface area (Å²) in [5.74, 6) is -1.04. The number of carbonyl (C=O) groups excluding carboxylic acids is 1. The molecule has 2 rings (SSSR count). The Morgan fingerprint density at radius 2 is 2.32 bits per heavy atom. The highest BCUT2D eigenvalue weighted by atomic mass is 32.2. The quantitative estimate of drug-likeness (QED) is 0.849. The van der Waals surface area contributed by atoms with Crippen LogP contribution in [-0.2, 0) is 9.59 Å². The number of carboxylic acids is 1. The number of carboxylic acid groups (broad SMARTS) is 1. The molecule has 0 spiro atoms. The van der Waals surface area contributed by atoms with Gasteiger partial charge in [0.05, 0.1) is 10.3 Å². The van der Waals surface area contributed by atoms with E-state index in [2.05, 4.69) is 4.98 Å². The molecule has 1 amide bonds. The first-order chi connectivity index (χ1) is 9.09. The van der Waals surface area contributed by atoms with Crippen molar-refractivity contribution in [1.29, 1.82) is 0 Å². The number of nitrogens with zero attached hydrogens (tertiary/aromatic N) is 2. The molecule has 0 bridgehead atoms. The summed E-state index contributed by atoms with van der Waals surface area (Å²) in [6, 6.07) is 4.85. The topological polar surface area (TPSA) is 70.5 Å². The molecule has 0 aliphatic carbocycles. The van der Waals surface area contributed by atoms with Crippen molar-refractivity contribution in [2.45, 2.75) is 36.1 Å². The lowest BCUT2D eigenvalue weighted by Crippen LogP contribution is -2.43. The number of aliphatic carboxylic acids is 1. The van der Waals surface area contributed by atoms with E-state index in [1.165, 1.54) is 16.7 Å². The van der Waals surface area contributed by atoms with Gasteiger partial charge in [-0.25, -0.2) is 9.78 Å². The minimum absolute atomic E-state index is 0.124. The minimum atomic E-state index is -0.916. The van der Waals surface area contributed by atoms with Gasteiger partial charge in [0.15, 0.2) is 0 Å². The van der Waals surface area contributed by atoms with Crippen LogP contribution in [0.2, 0.25) is 0 Å². The third-order valence-corrected chi connectivity index (χ3v) is 4.14. The molecule has 0 aromatic carbocycles. The average molecular weight is 280 g/mol. The molecule has 1 N–H and O–H groups in total. The Balaban J connectivity index is 2.01. The number of thioether (sulfide) groups is 1. The van der Waals surface area contributed by atoms with Gasteiger partial charge in [-0.15, -0.1) is 0 Å². The number of pyridine rings is 1. The molecular weight excluding hydrogens is 264 g/mol. The normalized spacial score (nSPS) is 20.3. The fraction of sp³-hybridized carbons (Fsp3) is 0.462. The average Bonchev–Trinajstić information content (AvgIpc) is 2.88. The van der Waals surface area contributed by atoms with E-state index in [1.807, 2.05) is 18.2 Å². The van der Waals surface area contributed by atoms with Crippen molar-refractivity contribution in [1.82, 2.24) is 9.88 Å². The summed E-state index contributed by atoms with van der Waals surface area (Å²) in [6.07, 6.45) is 2.97. The van der Waals surface area contributed by atoms with Gasteiger partial charge in [-0.1, -0.05) is 17.8 Å². The Bertz CT molecular complexity index is 466. The third kappa shape index (κ3) is 3.26. The maximum atomic E-state index is 12.3. The van der Waals surface area contributed by atoms with E-state index in [-0.39, 0.29) is 11.2 Å². The summed E-state index contributed by atoms with van der Waals surface area (Å²) in [4.78, 5) is 29.0. The molecule has 1 fully saturated rings. The van der Waals surface area contributed by atoms with E-state index >= 15 is 0 Å². The fourth-order valence-electron chi connectivity index (χ4n) is 2.17. The van der Waals surface area contributed by atoms with Crippen LogP contribution in [-0.4, -0.2) is 44.7 Å². The van der Waals surface area contributed by atoms with E-state index in [4.69, 9.17) is 5.11 Å². The number of aromatic nitrogens is 1. The predicted molar refractivity (Wildman–Crippen MR) is 71.9 cm³/mol. The first-order valence-corrected chi connectivity index (χ1v) is 7.08. The Labute approximate surface area is 116 Å². The molecular formula is C13H16N2O3S. The van der Waals surface area contributed by atoms with Crippen LogP contribution in [0.4, 0.5) is 0 Å². The highest BCUT2D eigenvalue weighted by molar-refractivity contribution is 8.00. The molecule has 1 unspecified atom stereocenters. The molecule has 19 heavy (non-hydrogen) atoms. The molecule has 2 atom stereocenters. The van der Waals surface area contributed by atoms with Crippen LogP contribution in [0.3, 0.4) is 0 Å². The summed E-state index contributed by atoms with van der Waals surface area (Å²) in [5.41, 5.74) is 0. The van der Waals surface area contributed by atoms with Crippen molar-refractivity contribution in [3.05, 3.63) is 24.4 Å². The van der Waals surface area contributed by atoms with Crippen molar-refractivity contribution in [2.75, 3.05) is 6.54 Å². The van der Waals surface area contributed by atoms with E-state index in [0.717, 1.165) is 11.4 Å². The van der Waals surface area contributed by atoms with Gasteiger partial charge in [-0.3, -0.25) is 4.79 Å². The van der Waals surface area contributed by atoms with Crippen molar-refractivity contribution >= 4 is 23.6 Å². The SMILES string of the molecule is CC(Sc1ccccn1)C(=O)N1CCC[C@H]1C(=O)O. The third-order valence-electron chi connectivity index (χ3n) is 3.10. The number of hydrogen-bond donors (Lipinski definition) is 1. The van der Waals surface area contributed by atoms with Crippen molar-refractivity contribution < 1.29 is 14.7 Å². The van der Waals surface area contributed by atoms with Gasteiger partial charge >= 0.3 is 5.97 Å². The second-order valence-electron chi connectivity index (χ2n) is 4.46. The highest BCUT2D eigenvalue weighted by Gasteiger charge is 2.36. The first-order valence-electron chi connectivity index (χ1n) is 6.20. The Hall–Kier alpha value is -1.56. The second kappa shape index (κ2) is 6.06. The lowest BCUT2D eigenvalue weighted by Gasteiger charge is -2.24. The van der Waals surface area contributed by atoms with Crippen LogP contribution in [0.1, 0.15) is 19.8 Å². The lowest BCUT2D eigenvalue weighted by molar-refractivity contribution is -0.147. The number of rotatable bonds is 4. The molecule has 1 aliphatic rings. The maximum absolute atomic E-state index is 12.3. The van der Waals surface area contributed by atoms with E-state index in [1.54, 1.807) is 13.1 Å². The highest BCUT2D eigenvalue weighted by Crippen LogP contribution is 2.26. The molecule has 0 saturated carbocycles. The van der Waals surface area contributed by atoms with Gasteiger partial charge in [0.2, 0.25) is 5.91 Å². The number of amides is 1. The zero-order valence-corrected chi connectivity index (χ0v) is 11.5. The molecule has 1 aromatic rings. The number of carbonyl (C=O) groups is 2. The minimum Gasteiger partial charge on any atom is -0.480 e. The molecule has 5 nitrogen and oxygen atoms in total. The second-order valence-corrected chi connectivity index (χ2v) is 5.82. The van der Waals surface area contributed by atoms with Crippen LogP contribution in [0.5, 0.6) is 0 Å². The van der Waals surface area contributed by atoms with E-state index in [9.17, 15) is 9.59 Å². The summed E-state index contributed by atoms with van der Waals surface area (Å²) in [5, 5.41) is 9.54. The molecule has 102 valence electrons. The Morgan fingerprint density at radius 1 is 1.53 bits per heavy atom. The largest absolute Gasteiger partial charge is 0.480 e. The Morgan fingerprint density at radius 3 is 2.95 bits per heavy atom. The Kier molecular flexibility index (Phi) is 4.42. The van der Waals surface area contributed by atoms with Crippen LogP contribution >= 0.6 is 11.8 Å². The van der Waals surface area contributed by atoms with Crippen molar-refractivity contribution in [2.24, 2.45) is 0 Å². The first kappa shape index (κ1) is 13.9. The summed E-state index contributed by atoms with van der Waals surface area (Å²) in [6.45, 7) is 2.32. The molecule has 2 heterocycles. The van der Waals surface area contributed by atoms with Gasteiger partial charge in [-0.05, 0) is 31.9 Å². The van der Waals surface area contributed by atoms with Crippen LogP contribution in [0, 0.1) is 0 Å². The van der Waals surface area contributed by atoms with E-state index < -0.39 is 12.0 Å². The van der Waals surface area contributed by atoms with Gasteiger partial charge in [0.1, 0.15) is 6.04 Å². The van der Waals surface area contributed by atoms with Crippen LogP contribution in [0.15, 0.2) is 29.4 Å². The number of hydrogen-bond acceptors (Lipinski definition) is 4. The zero-order chi connectivity index (χ0) is 13.8. The zero-order valence-electron chi connectivity index (χ0n) is 10.7. The summed E-state index contributed by atoms with van der Waals surface area (Å²) < 4.78 is 0.